The van der Waals surface area contributed by atoms with Crippen molar-refractivity contribution in [2.24, 2.45) is 11.8 Å². The summed E-state index contributed by atoms with van der Waals surface area (Å²) >= 11 is 0. The standard InChI is InChI=1S/C12H17N3O2/c1-8-6-15(7-9(8)12(16)17-2)11-10(13)4-3-5-14-11/h3-5,8-9H,6-7,13H2,1-2H3. The Morgan fingerprint density at radius 2 is 2.35 bits per heavy atom. The molecule has 1 saturated heterocycles. The van der Waals surface area contributed by atoms with Crippen LogP contribution in [0.15, 0.2) is 18.3 Å². The first-order valence-corrected chi connectivity index (χ1v) is 5.66. The number of nitrogens with two attached hydrogens (primary N) is 1. The lowest BCUT2D eigenvalue weighted by Gasteiger charge is -2.18. The van der Waals surface area contributed by atoms with Crippen LogP contribution in [0.1, 0.15) is 6.92 Å². The first-order chi connectivity index (χ1) is 8.13. The molecule has 0 saturated carbocycles. The molecule has 0 bridgehead atoms. The minimum absolute atomic E-state index is 0.0959. The number of carbonyl (C=O) groups excluding carboxylic acids is 1. The topological polar surface area (TPSA) is 68.5 Å². The van der Waals surface area contributed by atoms with Gasteiger partial charge >= 0.3 is 5.97 Å². The third kappa shape index (κ3) is 2.18. The van der Waals surface area contributed by atoms with Gasteiger partial charge in [-0.05, 0) is 18.1 Å². The Morgan fingerprint density at radius 1 is 1.59 bits per heavy atom. The summed E-state index contributed by atoms with van der Waals surface area (Å²) < 4.78 is 4.80. The smallest absolute Gasteiger partial charge is 0.310 e. The number of ether oxygens (including phenoxy) is 1. The van der Waals surface area contributed by atoms with Crippen molar-refractivity contribution in [1.82, 2.24) is 4.98 Å². The number of aromatic nitrogens is 1. The number of anilines is 2. The average Bonchev–Trinajstić information content (AvgIpc) is 2.71. The van der Waals surface area contributed by atoms with Crippen molar-refractivity contribution in [3.05, 3.63) is 18.3 Å². The Hall–Kier alpha value is -1.78. The maximum absolute atomic E-state index is 11.6. The van der Waals surface area contributed by atoms with E-state index in [2.05, 4.69) is 4.98 Å². The molecule has 1 aliphatic heterocycles. The van der Waals surface area contributed by atoms with Crippen LogP contribution in [0, 0.1) is 11.8 Å². The van der Waals surface area contributed by atoms with E-state index in [-0.39, 0.29) is 17.8 Å². The molecule has 1 fully saturated rings. The van der Waals surface area contributed by atoms with Crippen molar-refractivity contribution in [3.8, 4) is 0 Å². The van der Waals surface area contributed by atoms with E-state index in [4.69, 9.17) is 10.5 Å². The van der Waals surface area contributed by atoms with Crippen LogP contribution in [-0.4, -0.2) is 31.2 Å². The molecule has 0 spiro atoms. The Kier molecular flexibility index (Phi) is 3.17. The molecule has 0 radical (unpaired) electrons. The summed E-state index contributed by atoms with van der Waals surface area (Å²) in [5.41, 5.74) is 6.52. The van der Waals surface area contributed by atoms with Crippen LogP contribution in [0.3, 0.4) is 0 Å². The zero-order chi connectivity index (χ0) is 12.4. The molecule has 5 nitrogen and oxygen atoms in total. The third-order valence-corrected chi connectivity index (χ3v) is 3.23. The molecular weight excluding hydrogens is 218 g/mol. The molecule has 0 amide bonds. The van der Waals surface area contributed by atoms with E-state index in [0.29, 0.717) is 12.2 Å². The number of hydrogen-bond acceptors (Lipinski definition) is 5. The zero-order valence-corrected chi connectivity index (χ0v) is 10.1. The predicted octanol–water partition coefficient (Wildman–Crippen LogP) is 0.909. The van der Waals surface area contributed by atoms with Gasteiger partial charge in [0.25, 0.3) is 0 Å². The number of esters is 1. The predicted molar refractivity (Wildman–Crippen MR) is 65.5 cm³/mol. The van der Waals surface area contributed by atoms with Gasteiger partial charge in [-0.2, -0.15) is 0 Å². The van der Waals surface area contributed by atoms with E-state index < -0.39 is 0 Å². The van der Waals surface area contributed by atoms with Crippen LogP contribution in [0.25, 0.3) is 0 Å². The van der Waals surface area contributed by atoms with Crippen molar-refractivity contribution in [2.75, 3.05) is 30.8 Å². The van der Waals surface area contributed by atoms with Crippen molar-refractivity contribution < 1.29 is 9.53 Å². The SMILES string of the molecule is COC(=O)C1CN(c2ncccc2N)CC1C. The quantitative estimate of drug-likeness (QED) is 0.772. The maximum atomic E-state index is 11.6. The Morgan fingerprint density at radius 3 is 3.00 bits per heavy atom. The highest BCUT2D eigenvalue weighted by molar-refractivity contribution is 5.75. The molecular formula is C12H17N3O2. The second-order valence-corrected chi connectivity index (χ2v) is 4.43. The third-order valence-electron chi connectivity index (χ3n) is 3.23. The summed E-state index contributed by atoms with van der Waals surface area (Å²) in [6.07, 6.45) is 1.71. The summed E-state index contributed by atoms with van der Waals surface area (Å²) in [4.78, 5) is 17.9. The number of methoxy groups -OCH3 is 1. The van der Waals surface area contributed by atoms with Gasteiger partial charge in [0.2, 0.25) is 0 Å². The fourth-order valence-electron chi connectivity index (χ4n) is 2.27. The van der Waals surface area contributed by atoms with E-state index in [1.807, 2.05) is 17.9 Å². The van der Waals surface area contributed by atoms with E-state index in [9.17, 15) is 4.79 Å². The van der Waals surface area contributed by atoms with E-state index in [1.165, 1.54) is 7.11 Å². The van der Waals surface area contributed by atoms with E-state index in [0.717, 1.165) is 12.4 Å². The molecule has 1 aromatic heterocycles. The summed E-state index contributed by atoms with van der Waals surface area (Å²) in [7, 11) is 1.42. The fraction of sp³-hybridized carbons (Fsp3) is 0.500. The van der Waals surface area contributed by atoms with Crippen molar-refractivity contribution >= 4 is 17.5 Å². The molecule has 5 heteroatoms. The summed E-state index contributed by atoms with van der Waals surface area (Å²) in [6, 6.07) is 3.62. The van der Waals surface area contributed by atoms with Crippen molar-refractivity contribution in [3.63, 3.8) is 0 Å². The lowest BCUT2D eigenvalue weighted by Crippen LogP contribution is -2.25. The summed E-state index contributed by atoms with van der Waals surface area (Å²) in [5, 5.41) is 0. The normalized spacial score (nSPS) is 23.8. The maximum Gasteiger partial charge on any atom is 0.310 e. The second-order valence-electron chi connectivity index (χ2n) is 4.43. The lowest BCUT2D eigenvalue weighted by atomic mass is 9.99. The highest BCUT2D eigenvalue weighted by Gasteiger charge is 2.36. The molecule has 1 aliphatic rings. The molecule has 0 aliphatic carbocycles. The van der Waals surface area contributed by atoms with Gasteiger partial charge in [0.15, 0.2) is 5.82 Å². The minimum Gasteiger partial charge on any atom is -0.469 e. The van der Waals surface area contributed by atoms with Gasteiger partial charge in [-0.15, -0.1) is 0 Å². The molecule has 2 N–H and O–H groups in total. The second kappa shape index (κ2) is 4.61. The highest BCUT2D eigenvalue weighted by Crippen LogP contribution is 2.30. The molecule has 0 aromatic carbocycles. The molecule has 92 valence electrons. The Balaban J connectivity index is 2.17. The molecule has 2 rings (SSSR count). The Bertz CT molecular complexity index is 422. The molecule has 2 atom stereocenters. The van der Waals surface area contributed by atoms with Gasteiger partial charge in [-0.25, -0.2) is 4.98 Å². The number of hydrogen-bond donors (Lipinski definition) is 1. The molecule has 17 heavy (non-hydrogen) atoms. The fourth-order valence-corrected chi connectivity index (χ4v) is 2.27. The molecule has 2 heterocycles. The first-order valence-electron chi connectivity index (χ1n) is 5.66. The number of rotatable bonds is 2. The van der Waals surface area contributed by atoms with Gasteiger partial charge in [0, 0.05) is 19.3 Å². The van der Waals surface area contributed by atoms with E-state index in [1.54, 1.807) is 12.3 Å². The molecule has 2 unspecified atom stereocenters. The minimum atomic E-state index is -0.158. The number of carbonyl (C=O) groups is 1. The van der Waals surface area contributed by atoms with Gasteiger partial charge in [-0.1, -0.05) is 6.92 Å². The number of pyridine rings is 1. The number of nitrogen functional groups attached to an aromatic ring is 1. The van der Waals surface area contributed by atoms with Crippen LogP contribution >= 0.6 is 0 Å². The van der Waals surface area contributed by atoms with Crippen molar-refractivity contribution in [2.45, 2.75) is 6.92 Å². The summed E-state index contributed by atoms with van der Waals surface area (Å²) in [6.45, 7) is 3.44. The average molecular weight is 235 g/mol. The summed E-state index contributed by atoms with van der Waals surface area (Å²) in [5.74, 6) is 0.755. The highest BCUT2D eigenvalue weighted by atomic mass is 16.5. The lowest BCUT2D eigenvalue weighted by molar-refractivity contribution is -0.145. The largest absolute Gasteiger partial charge is 0.469 e. The first kappa shape index (κ1) is 11.7. The van der Waals surface area contributed by atoms with Crippen LogP contribution in [0.5, 0.6) is 0 Å². The van der Waals surface area contributed by atoms with Gasteiger partial charge in [0.1, 0.15) is 0 Å². The van der Waals surface area contributed by atoms with Crippen LogP contribution in [0.2, 0.25) is 0 Å². The van der Waals surface area contributed by atoms with Crippen LogP contribution in [-0.2, 0) is 9.53 Å². The van der Waals surface area contributed by atoms with Gasteiger partial charge in [0.05, 0.1) is 18.7 Å². The zero-order valence-electron chi connectivity index (χ0n) is 10.1. The van der Waals surface area contributed by atoms with E-state index >= 15 is 0 Å². The Labute approximate surface area is 101 Å². The van der Waals surface area contributed by atoms with Gasteiger partial charge < -0.3 is 15.4 Å². The molecule has 1 aromatic rings. The van der Waals surface area contributed by atoms with Crippen LogP contribution < -0.4 is 10.6 Å². The van der Waals surface area contributed by atoms with Crippen LogP contribution in [0.4, 0.5) is 11.5 Å². The number of nitrogens with zero attached hydrogens (tertiary/aromatic N) is 2. The monoisotopic (exact) mass is 235 g/mol. The van der Waals surface area contributed by atoms with Crippen molar-refractivity contribution in [1.29, 1.82) is 0 Å². The van der Waals surface area contributed by atoms with Gasteiger partial charge in [-0.3, -0.25) is 4.79 Å².